The number of piperidine rings is 1. The van der Waals surface area contributed by atoms with E-state index in [1.165, 1.54) is 19.3 Å². The number of rotatable bonds is 2. The number of carbonyl (C=O) groups excluding carboxylic acids is 1. The summed E-state index contributed by atoms with van der Waals surface area (Å²) in [6.45, 7) is 3.54. The van der Waals surface area contributed by atoms with Gasteiger partial charge in [-0.15, -0.1) is 10.2 Å². The Hall–Kier alpha value is -1.43. The van der Waals surface area contributed by atoms with Crippen molar-refractivity contribution in [3.63, 3.8) is 0 Å². The van der Waals surface area contributed by atoms with Gasteiger partial charge in [0.15, 0.2) is 0 Å². The Morgan fingerprint density at radius 3 is 2.86 bits per heavy atom. The summed E-state index contributed by atoms with van der Waals surface area (Å²) in [7, 11) is 0. The van der Waals surface area contributed by atoms with Crippen molar-refractivity contribution in [3.8, 4) is 0 Å². The van der Waals surface area contributed by atoms with E-state index in [0.29, 0.717) is 12.5 Å². The van der Waals surface area contributed by atoms with Crippen molar-refractivity contribution in [2.24, 2.45) is 0 Å². The molecule has 0 aromatic carbocycles. The van der Waals surface area contributed by atoms with Gasteiger partial charge in [-0.3, -0.25) is 9.69 Å². The van der Waals surface area contributed by atoms with E-state index < -0.39 is 0 Å². The van der Waals surface area contributed by atoms with Crippen LogP contribution in [0.15, 0.2) is 0 Å². The number of nitrogens with zero attached hydrogens (tertiary/aromatic N) is 4. The van der Waals surface area contributed by atoms with E-state index in [4.69, 9.17) is 4.74 Å². The predicted octanol–water partition coefficient (Wildman–Crippen LogP) is 1.50. The van der Waals surface area contributed by atoms with Gasteiger partial charge < -0.3 is 9.30 Å². The van der Waals surface area contributed by atoms with Crippen LogP contribution in [-0.2, 0) is 22.5 Å². The highest BCUT2D eigenvalue weighted by atomic mass is 16.5. The van der Waals surface area contributed by atoms with Crippen molar-refractivity contribution < 1.29 is 9.53 Å². The van der Waals surface area contributed by atoms with Gasteiger partial charge in [0, 0.05) is 31.8 Å². The summed E-state index contributed by atoms with van der Waals surface area (Å²) in [5.74, 6) is 2.67. The molecule has 6 heteroatoms. The number of aromatic nitrogens is 3. The first-order valence-electron chi connectivity index (χ1n) is 8.65. The average molecular weight is 304 g/mol. The number of cyclic esters (lactones) is 1. The Morgan fingerprint density at radius 2 is 2.00 bits per heavy atom. The molecule has 0 unspecified atom stereocenters. The summed E-state index contributed by atoms with van der Waals surface area (Å²) >= 11 is 0. The topological polar surface area (TPSA) is 60.2 Å². The van der Waals surface area contributed by atoms with Crippen LogP contribution in [0.1, 0.15) is 56.1 Å². The molecular formula is C16H24N4O2. The maximum Gasteiger partial charge on any atom is 0.323 e. The van der Waals surface area contributed by atoms with Gasteiger partial charge in [-0.1, -0.05) is 6.42 Å². The van der Waals surface area contributed by atoms with Gasteiger partial charge in [-0.2, -0.15) is 0 Å². The van der Waals surface area contributed by atoms with E-state index in [2.05, 4.69) is 19.7 Å². The predicted molar refractivity (Wildman–Crippen MR) is 80.5 cm³/mol. The number of hydrogen-bond acceptors (Lipinski definition) is 5. The minimum absolute atomic E-state index is 0.0330. The first-order valence-corrected chi connectivity index (χ1v) is 8.65. The first kappa shape index (κ1) is 14.2. The Balaban J connectivity index is 1.53. The fourth-order valence-electron chi connectivity index (χ4n) is 4.13. The SMILES string of the molecule is O=C1OCC[C@@H]1N1CCC[C@@H](c2nnc3n2CCCCC3)C1. The zero-order chi connectivity index (χ0) is 14.9. The molecule has 6 nitrogen and oxygen atoms in total. The normalized spacial score (nSPS) is 29.9. The second-order valence-electron chi connectivity index (χ2n) is 6.74. The first-order chi connectivity index (χ1) is 10.8. The summed E-state index contributed by atoms with van der Waals surface area (Å²) in [6, 6.07) is -0.0330. The number of fused-ring (bicyclic) bond motifs is 1. The van der Waals surface area contributed by atoms with Crippen molar-refractivity contribution in [1.82, 2.24) is 19.7 Å². The highest BCUT2D eigenvalue weighted by molar-refractivity contribution is 5.77. The molecule has 2 fully saturated rings. The molecule has 120 valence electrons. The Labute approximate surface area is 130 Å². The molecule has 0 radical (unpaired) electrons. The molecule has 3 aliphatic heterocycles. The standard InChI is InChI=1S/C16H24N4O2/c21-16-13(7-10-22-16)19-8-4-5-12(11-19)15-18-17-14-6-2-1-3-9-20(14)15/h12-13H,1-11H2/t12-,13+/m1/s1. The molecule has 2 atom stereocenters. The van der Waals surface area contributed by atoms with Gasteiger partial charge in [-0.05, 0) is 32.2 Å². The number of hydrogen-bond donors (Lipinski definition) is 0. The summed E-state index contributed by atoms with van der Waals surface area (Å²) < 4.78 is 7.49. The van der Waals surface area contributed by atoms with Gasteiger partial charge in [0.2, 0.25) is 0 Å². The van der Waals surface area contributed by atoms with E-state index in [9.17, 15) is 4.79 Å². The smallest absolute Gasteiger partial charge is 0.323 e. The lowest BCUT2D eigenvalue weighted by atomic mass is 9.95. The lowest BCUT2D eigenvalue weighted by Gasteiger charge is -2.34. The van der Waals surface area contributed by atoms with Crippen molar-refractivity contribution in [3.05, 3.63) is 11.6 Å². The molecule has 22 heavy (non-hydrogen) atoms. The molecule has 1 aromatic rings. The monoisotopic (exact) mass is 304 g/mol. The summed E-state index contributed by atoms with van der Waals surface area (Å²) in [4.78, 5) is 14.2. The number of carbonyl (C=O) groups is 1. The van der Waals surface area contributed by atoms with Crippen LogP contribution in [0.5, 0.6) is 0 Å². The fraction of sp³-hybridized carbons (Fsp3) is 0.812. The number of aryl methyl sites for hydroxylation is 1. The lowest BCUT2D eigenvalue weighted by Crippen LogP contribution is -2.44. The molecule has 3 aliphatic rings. The molecule has 0 bridgehead atoms. The number of esters is 1. The van der Waals surface area contributed by atoms with Gasteiger partial charge in [0.1, 0.15) is 17.7 Å². The van der Waals surface area contributed by atoms with Crippen LogP contribution in [0, 0.1) is 0 Å². The molecule has 0 spiro atoms. The molecule has 0 amide bonds. The van der Waals surface area contributed by atoms with Crippen LogP contribution >= 0.6 is 0 Å². The van der Waals surface area contributed by atoms with Crippen LogP contribution in [0.2, 0.25) is 0 Å². The third-order valence-electron chi connectivity index (χ3n) is 5.30. The van der Waals surface area contributed by atoms with E-state index in [0.717, 1.165) is 57.0 Å². The summed E-state index contributed by atoms with van der Waals surface area (Å²) in [5.41, 5.74) is 0. The van der Waals surface area contributed by atoms with Gasteiger partial charge in [0.05, 0.1) is 6.61 Å². The number of likely N-dealkylation sites (tertiary alicyclic amines) is 1. The number of ether oxygens (including phenoxy) is 1. The quantitative estimate of drug-likeness (QED) is 0.775. The summed E-state index contributed by atoms with van der Waals surface area (Å²) in [6.07, 6.45) is 7.90. The molecule has 1 aromatic heterocycles. The molecule has 4 rings (SSSR count). The largest absolute Gasteiger partial charge is 0.464 e. The highest BCUT2D eigenvalue weighted by Gasteiger charge is 2.36. The van der Waals surface area contributed by atoms with Crippen LogP contribution in [0.3, 0.4) is 0 Å². The zero-order valence-electron chi connectivity index (χ0n) is 13.0. The van der Waals surface area contributed by atoms with E-state index in [-0.39, 0.29) is 12.0 Å². The van der Waals surface area contributed by atoms with Crippen LogP contribution in [0.25, 0.3) is 0 Å². The fourth-order valence-corrected chi connectivity index (χ4v) is 4.13. The van der Waals surface area contributed by atoms with Gasteiger partial charge >= 0.3 is 5.97 Å². The van der Waals surface area contributed by atoms with E-state index in [1.54, 1.807) is 0 Å². The van der Waals surface area contributed by atoms with Crippen LogP contribution in [-0.4, -0.2) is 51.4 Å². The van der Waals surface area contributed by atoms with Crippen molar-refractivity contribution in [2.45, 2.75) is 63.5 Å². The lowest BCUT2D eigenvalue weighted by molar-refractivity contribution is -0.142. The van der Waals surface area contributed by atoms with Crippen molar-refractivity contribution >= 4 is 5.97 Å². The molecular weight excluding hydrogens is 280 g/mol. The van der Waals surface area contributed by atoms with Crippen molar-refractivity contribution in [2.75, 3.05) is 19.7 Å². The van der Waals surface area contributed by atoms with E-state index >= 15 is 0 Å². The Kier molecular flexibility index (Phi) is 3.86. The minimum Gasteiger partial charge on any atom is -0.464 e. The van der Waals surface area contributed by atoms with E-state index in [1.807, 2.05) is 0 Å². The second kappa shape index (κ2) is 5.99. The average Bonchev–Trinajstić information content (AvgIpc) is 3.07. The Morgan fingerprint density at radius 1 is 1.05 bits per heavy atom. The van der Waals surface area contributed by atoms with Gasteiger partial charge in [-0.25, -0.2) is 0 Å². The minimum atomic E-state index is -0.0410. The third kappa shape index (κ3) is 2.53. The molecule has 4 heterocycles. The maximum atomic E-state index is 11.8. The molecule has 0 N–H and O–H groups in total. The highest BCUT2D eigenvalue weighted by Crippen LogP contribution is 2.30. The summed E-state index contributed by atoms with van der Waals surface area (Å²) in [5, 5.41) is 8.95. The van der Waals surface area contributed by atoms with Crippen molar-refractivity contribution in [1.29, 1.82) is 0 Å². The third-order valence-corrected chi connectivity index (χ3v) is 5.30. The maximum absolute atomic E-state index is 11.8. The Bertz CT molecular complexity index is 556. The zero-order valence-corrected chi connectivity index (χ0v) is 13.0. The molecule has 0 saturated carbocycles. The second-order valence-corrected chi connectivity index (χ2v) is 6.74. The van der Waals surface area contributed by atoms with Gasteiger partial charge in [0.25, 0.3) is 0 Å². The molecule has 2 saturated heterocycles. The molecule has 0 aliphatic carbocycles. The van der Waals surface area contributed by atoms with Crippen LogP contribution < -0.4 is 0 Å². The van der Waals surface area contributed by atoms with Crippen LogP contribution in [0.4, 0.5) is 0 Å².